The van der Waals surface area contributed by atoms with Crippen molar-refractivity contribution in [1.29, 1.82) is 0 Å². The number of hydrogen-bond donors (Lipinski definition) is 1. The summed E-state index contributed by atoms with van der Waals surface area (Å²) < 4.78 is 0. The van der Waals surface area contributed by atoms with Crippen LogP contribution < -0.4 is 0 Å². The number of phenolic OH excluding ortho intramolecular Hbond substituents is 1. The van der Waals surface area contributed by atoms with Crippen LogP contribution in [0.15, 0.2) is 37.4 Å². The number of rotatable bonds is 2. The number of hydrogen-bond acceptors (Lipinski definition) is 1. The molecule has 0 bridgehead atoms. The van der Waals surface area contributed by atoms with Crippen LogP contribution in [0, 0.1) is 0 Å². The first-order chi connectivity index (χ1) is 5.65. The van der Waals surface area contributed by atoms with E-state index in [0.29, 0.717) is 16.2 Å². The van der Waals surface area contributed by atoms with Crippen LogP contribution in [-0.4, -0.2) is 5.11 Å². The molecule has 0 atom stereocenters. The minimum absolute atomic E-state index is 0.171. The van der Waals surface area contributed by atoms with E-state index in [2.05, 4.69) is 13.2 Å². The minimum atomic E-state index is 0.171. The van der Waals surface area contributed by atoms with Crippen LogP contribution in [0.4, 0.5) is 0 Å². The van der Waals surface area contributed by atoms with Crippen molar-refractivity contribution in [1.82, 2.24) is 0 Å². The van der Waals surface area contributed by atoms with Crippen molar-refractivity contribution < 1.29 is 5.11 Å². The molecule has 0 aliphatic heterocycles. The standard InChI is InChI=1S/C10H9ClO/c1-3-7(2)9-6-8(11)4-5-10(9)12/h3-6,12H,1-2H2. The maximum Gasteiger partial charge on any atom is 0.123 e. The molecule has 0 saturated heterocycles. The molecule has 62 valence electrons. The topological polar surface area (TPSA) is 20.2 Å². The lowest BCUT2D eigenvalue weighted by molar-refractivity contribution is 0.474. The predicted molar refractivity (Wildman–Crippen MR) is 52.3 cm³/mol. The molecule has 0 unspecified atom stereocenters. The maximum absolute atomic E-state index is 9.37. The van der Waals surface area contributed by atoms with Gasteiger partial charge < -0.3 is 5.11 Å². The van der Waals surface area contributed by atoms with E-state index in [4.69, 9.17) is 11.6 Å². The number of phenols is 1. The number of allylic oxidation sites excluding steroid dienone is 2. The normalized spacial score (nSPS) is 9.42. The van der Waals surface area contributed by atoms with Crippen molar-refractivity contribution in [3.8, 4) is 5.75 Å². The Bertz CT molecular complexity index is 329. The zero-order chi connectivity index (χ0) is 9.14. The molecule has 0 aromatic heterocycles. The molecule has 1 aromatic carbocycles. The van der Waals surface area contributed by atoms with Gasteiger partial charge in [-0.2, -0.15) is 0 Å². The summed E-state index contributed by atoms with van der Waals surface area (Å²) in [5, 5.41) is 9.94. The number of halogens is 1. The Kier molecular flexibility index (Phi) is 2.56. The molecule has 1 nitrogen and oxygen atoms in total. The Hall–Kier alpha value is -1.21. The summed E-state index contributed by atoms with van der Waals surface area (Å²) in [7, 11) is 0. The van der Waals surface area contributed by atoms with E-state index in [1.165, 1.54) is 6.07 Å². The van der Waals surface area contributed by atoms with Gasteiger partial charge in [0.2, 0.25) is 0 Å². The molecule has 0 spiro atoms. The monoisotopic (exact) mass is 180 g/mol. The second kappa shape index (κ2) is 3.46. The van der Waals surface area contributed by atoms with Crippen LogP contribution in [0.25, 0.3) is 5.57 Å². The van der Waals surface area contributed by atoms with E-state index < -0.39 is 0 Å². The van der Waals surface area contributed by atoms with Gasteiger partial charge in [0.25, 0.3) is 0 Å². The summed E-state index contributed by atoms with van der Waals surface area (Å²) in [6.45, 7) is 7.26. The molecule has 0 heterocycles. The van der Waals surface area contributed by atoms with Gasteiger partial charge in [0, 0.05) is 10.6 Å². The number of aromatic hydroxyl groups is 1. The molecular weight excluding hydrogens is 172 g/mol. The average molecular weight is 181 g/mol. The second-order valence-electron chi connectivity index (χ2n) is 2.39. The summed E-state index contributed by atoms with van der Waals surface area (Å²) in [6, 6.07) is 4.81. The third kappa shape index (κ3) is 1.69. The summed E-state index contributed by atoms with van der Waals surface area (Å²) in [4.78, 5) is 0. The van der Waals surface area contributed by atoms with Crippen molar-refractivity contribution in [2.24, 2.45) is 0 Å². The van der Waals surface area contributed by atoms with Crippen LogP contribution in [-0.2, 0) is 0 Å². The van der Waals surface area contributed by atoms with E-state index in [-0.39, 0.29) is 5.75 Å². The van der Waals surface area contributed by atoms with Gasteiger partial charge in [-0.3, -0.25) is 0 Å². The van der Waals surface area contributed by atoms with Gasteiger partial charge in [-0.1, -0.05) is 30.8 Å². The molecule has 12 heavy (non-hydrogen) atoms. The van der Waals surface area contributed by atoms with E-state index in [1.54, 1.807) is 18.2 Å². The first-order valence-electron chi connectivity index (χ1n) is 3.45. The van der Waals surface area contributed by atoms with Crippen molar-refractivity contribution in [2.45, 2.75) is 0 Å². The van der Waals surface area contributed by atoms with Gasteiger partial charge in [-0.25, -0.2) is 0 Å². The molecule has 1 aromatic rings. The van der Waals surface area contributed by atoms with Crippen LogP contribution in [0.2, 0.25) is 5.02 Å². The fourth-order valence-electron chi connectivity index (χ4n) is 0.875. The van der Waals surface area contributed by atoms with Gasteiger partial charge in [0.15, 0.2) is 0 Å². The van der Waals surface area contributed by atoms with Crippen molar-refractivity contribution in [2.75, 3.05) is 0 Å². The fraction of sp³-hybridized carbons (Fsp3) is 0. The first kappa shape index (κ1) is 8.88. The van der Waals surface area contributed by atoms with Crippen molar-refractivity contribution in [3.05, 3.63) is 48.0 Å². The largest absolute Gasteiger partial charge is 0.507 e. The Morgan fingerprint density at radius 1 is 1.50 bits per heavy atom. The molecule has 1 N–H and O–H groups in total. The Morgan fingerprint density at radius 3 is 2.75 bits per heavy atom. The smallest absolute Gasteiger partial charge is 0.123 e. The van der Waals surface area contributed by atoms with Gasteiger partial charge in [0.05, 0.1) is 0 Å². The zero-order valence-corrected chi connectivity index (χ0v) is 7.30. The molecule has 0 aliphatic rings. The molecule has 0 fully saturated rings. The third-order valence-corrected chi connectivity index (χ3v) is 1.79. The Labute approximate surface area is 76.6 Å². The number of benzene rings is 1. The molecule has 2 heteroatoms. The highest BCUT2D eigenvalue weighted by atomic mass is 35.5. The highest BCUT2D eigenvalue weighted by molar-refractivity contribution is 6.30. The molecular formula is C10H9ClO. The van der Waals surface area contributed by atoms with Crippen molar-refractivity contribution >= 4 is 17.2 Å². The second-order valence-corrected chi connectivity index (χ2v) is 2.83. The van der Waals surface area contributed by atoms with Gasteiger partial charge >= 0.3 is 0 Å². The lowest BCUT2D eigenvalue weighted by Gasteiger charge is -2.03. The van der Waals surface area contributed by atoms with E-state index in [9.17, 15) is 5.11 Å². The highest BCUT2D eigenvalue weighted by Gasteiger charge is 2.02. The predicted octanol–water partition coefficient (Wildman–Crippen LogP) is 3.24. The summed E-state index contributed by atoms with van der Waals surface area (Å²) in [6.07, 6.45) is 1.57. The summed E-state index contributed by atoms with van der Waals surface area (Å²) in [5.74, 6) is 0.171. The Morgan fingerprint density at radius 2 is 2.17 bits per heavy atom. The molecule has 0 aliphatic carbocycles. The van der Waals surface area contributed by atoms with Gasteiger partial charge in [-0.05, 0) is 23.8 Å². The van der Waals surface area contributed by atoms with E-state index >= 15 is 0 Å². The van der Waals surface area contributed by atoms with Gasteiger partial charge in [0.1, 0.15) is 5.75 Å². The quantitative estimate of drug-likeness (QED) is 0.693. The fourth-order valence-corrected chi connectivity index (χ4v) is 1.05. The van der Waals surface area contributed by atoms with Crippen LogP contribution in [0.3, 0.4) is 0 Å². The van der Waals surface area contributed by atoms with Crippen LogP contribution in [0.5, 0.6) is 5.75 Å². The summed E-state index contributed by atoms with van der Waals surface area (Å²) in [5.41, 5.74) is 1.28. The summed E-state index contributed by atoms with van der Waals surface area (Å²) >= 11 is 5.73. The first-order valence-corrected chi connectivity index (χ1v) is 3.83. The lowest BCUT2D eigenvalue weighted by atomic mass is 10.1. The van der Waals surface area contributed by atoms with Crippen molar-refractivity contribution in [3.63, 3.8) is 0 Å². The maximum atomic E-state index is 9.37. The SMILES string of the molecule is C=CC(=C)c1cc(Cl)ccc1O. The van der Waals surface area contributed by atoms with Crippen LogP contribution >= 0.6 is 11.6 Å². The molecule has 1 rings (SSSR count). The average Bonchev–Trinajstić information content (AvgIpc) is 2.08. The zero-order valence-electron chi connectivity index (χ0n) is 6.55. The molecule has 0 amide bonds. The molecule has 0 saturated carbocycles. The highest BCUT2D eigenvalue weighted by Crippen LogP contribution is 2.27. The third-order valence-electron chi connectivity index (χ3n) is 1.55. The Balaban J connectivity index is 3.22. The minimum Gasteiger partial charge on any atom is -0.507 e. The van der Waals surface area contributed by atoms with E-state index in [1.807, 2.05) is 0 Å². The van der Waals surface area contributed by atoms with Gasteiger partial charge in [-0.15, -0.1) is 0 Å². The van der Waals surface area contributed by atoms with Crippen LogP contribution in [0.1, 0.15) is 5.56 Å². The lowest BCUT2D eigenvalue weighted by Crippen LogP contribution is -1.79. The molecule has 0 radical (unpaired) electrons. The van der Waals surface area contributed by atoms with E-state index in [0.717, 1.165) is 0 Å².